The van der Waals surface area contributed by atoms with Crippen molar-refractivity contribution in [3.8, 4) is 0 Å². The highest BCUT2D eigenvalue weighted by atomic mass is 32.2. The molecule has 2 N–H and O–H groups in total. The van der Waals surface area contributed by atoms with E-state index in [9.17, 15) is 8.42 Å². The third-order valence-electron chi connectivity index (χ3n) is 1.72. The molecule has 1 aromatic rings. The Morgan fingerprint density at radius 3 is 2.80 bits per heavy atom. The van der Waals surface area contributed by atoms with E-state index in [0.717, 1.165) is 6.54 Å². The highest BCUT2D eigenvalue weighted by Gasteiger charge is 2.09. The van der Waals surface area contributed by atoms with E-state index in [1.165, 1.54) is 0 Å². The SMILES string of the molecule is CCNCCS(=O)(=O)Nc1ccccn1. The van der Waals surface area contributed by atoms with Gasteiger partial charge in [0.05, 0.1) is 5.75 Å². The molecule has 0 amide bonds. The number of nitrogens with zero attached hydrogens (tertiary/aromatic N) is 1. The molecule has 1 aromatic heterocycles. The quantitative estimate of drug-likeness (QED) is 0.694. The fraction of sp³-hybridized carbons (Fsp3) is 0.444. The molecule has 84 valence electrons. The number of sulfonamides is 1. The Morgan fingerprint density at radius 2 is 2.20 bits per heavy atom. The van der Waals surface area contributed by atoms with Crippen LogP contribution in [0.4, 0.5) is 5.82 Å². The Morgan fingerprint density at radius 1 is 1.40 bits per heavy atom. The molecule has 1 heterocycles. The number of anilines is 1. The van der Waals surface area contributed by atoms with Crippen molar-refractivity contribution in [2.75, 3.05) is 23.6 Å². The van der Waals surface area contributed by atoms with E-state index < -0.39 is 10.0 Å². The summed E-state index contributed by atoms with van der Waals surface area (Å²) in [5, 5.41) is 2.95. The van der Waals surface area contributed by atoms with E-state index in [4.69, 9.17) is 0 Å². The zero-order valence-electron chi connectivity index (χ0n) is 8.60. The predicted octanol–water partition coefficient (Wildman–Crippen LogP) is 0.433. The monoisotopic (exact) mass is 229 g/mol. The van der Waals surface area contributed by atoms with Crippen LogP contribution in [0.3, 0.4) is 0 Å². The van der Waals surface area contributed by atoms with E-state index >= 15 is 0 Å². The molecule has 0 aliphatic rings. The van der Waals surface area contributed by atoms with E-state index in [1.54, 1.807) is 24.4 Å². The lowest BCUT2D eigenvalue weighted by molar-refractivity contribution is 0.597. The summed E-state index contributed by atoms with van der Waals surface area (Å²) in [5.41, 5.74) is 0. The maximum atomic E-state index is 11.5. The Bertz CT molecular complexity index is 378. The van der Waals surface area contributed by atoms with Gasteiger partial charge in [-0.05, 0) is 18.7 Å². The molecular weight excluding hydrogens is 214 g/mol. The first-order valence-electron chi connectivity index (χ1n) is 4.76. The van der Waals surface area contributed by atoms with Crippen LogP contribution in [0.1, 0.15) is 6.92 Å². The summed E-state index contributed by atoms with van der Waals surface area (Å²) in [6.07, 6.45) is 1.54. The van der Waals surface area contributed by atoms with Crippen LogP contribution in [0.25, 0.3) is 0 Å². The maximum Gasteiger partial charge on any atom is 0.235 e. The first-order valence-corrected chi connectivity index (χ1v) is 6.41. The molecule has 0 radical (unpaired) electrons. The van der Waals surface area contributed by atoms with Gasteiger partial charge >= 0.3 is 0 Å². The minimum absolute atomic E-state index is 0.0530. The molecule has 0 saturated heterocycles. The second-order valence-corrected chi connectivity index (χ2v) is 4.83. The van der Waals surface area contributed by atoms with Gasteiger partial charge in [-0.1, -0.05) is 13.0 Å². The highest BCUT2D eigenvalue weighted by molar-refractivity contribution is 7.92. The van der Waals surface area contributed by atoms with Crippen molar-refractivity contribution in [2.24, 2.45) is 0 Å². The first-order chi connectivity index (χ1) is 7.14. The van der Waals surface area contributed by atoms with Crippen LogP contribution >= 0.6 is 0 Å². The zero-order chi connectivity index (χ0) is 11.1. The Labute approximate surface area is 90.0 Å². The van der Waals surface area contributed by atoms with Gasteiger partial charge < -0.3 is 5.32 Å². The van der Waals surface area contributed by atoms with Crippen molar-refractivity contribution < 1.29 is 8.42 Å². The van der Waals surface area contributed by atoms with Gasteiger partial charge in [-0.25, -0.2) is 13.4 Å². The molecule has 0 aromatic carbocycles. The third kappa shape index (κ3) is 4.75. The van der Waals surface area contributed by atoms with Gasteiger partial charge in [0.1, 0.15) is 5.82 Å². The standard InChI is InChI=1S/C9H15N3O2S/c1-2-10-7-8-15(13,14)12-9-5-3-4-6-11-9/h3-6,10H,2,7-8H2,1H3,(H,11,12). The summed E-state index contributed by atoms with van der Waals surface area (Å²) in [6, 6.07) is 5.08. The number of hydrogen-bond acceptors (Lipinski definition) is 4. The van der Waals surface area contributed by atoms with Gasteiger partial charge in [-0.3, -0.25) is 4.72 Å². The van der Waals surface area contributed by atoms with Crippen molar-refractivity contribution in [3.05, 3.63) is 24.4 Å². The van der Waals surface area contributed by atoms with Crippen LogP contribution < -0.4 is 10.0 Å². The molecular formula is C9H15N3O2S. The fourth-order valence-corrected chi connectivity index (χ4v) is 1.97. The number of hydrogen-bond donors (Lipinski definition) is 2. The van der Waals surface area contributed by atoms with Crippen LogP contribution in [0, 0.1) is 0 Å². The number of rotatable bonds is 6. The summed E-state index contributed by atoms with van der Waals surface area (Å²) >= 11 is 0. The predicted molar refractivity (Wildman–Crippen MR) is 60.2 cm³/mol. The van der Waals surface area contributed by atoms with E-state index in [-0.39, 0.29) is 5.75 Å². The highest BCUT2D eigenvalue weighted by Crippen LogP contribution is 2.02. The summed E-state index contributed by atoms with van der Waals surface area (Å²) in [7, 11) is -3.28. The van der Waals surface area contributed by atoms with E-state index in [0.29, 0.717) is 12.4 Å². The van der Waals surface area contributed by atoms with Crippen molar-refractivity contribution in [1.82, 2.24) is 10.3 Å². The van der Waals surface area contributed by atoms with Crippen molar-refractivity contribution in [2.45, 2.75) is 6.92 Å². The first kappa shape index (κ1) is 11.9. The molecule has 0 aliphatic heterocycles. The minimum atomic E-state index is -3.28. The van der Waals surface area contributed by atoms with Gasteiger partial charge in [0.25, 0.3) is 0 Å². The lowest BCUT2D eigenvalue weighted by Crippen LogP contribution is -2.26. The minimum Gasteiger partial charge on any atom is -0.316 e. The molecule has 0 unspecified atom stereocenters. The molecule has 6 heteroatoms. The average Bonchev–Trinajstić information content (AvgIpc) is 2.18. The Kier molecular flexibility index (Phi) is 4.51. The summed E-state index contributed by atoms with van der Waals surface area (Å²) in [4.78, 5) is 3.88. The van der Waals surface area contributed by atoms with Crippen molar-refractivity contribution in [1.29, 1.82) is 0 Å². The largest absolute Gasteiger partial charge is 0.316 e. The van der Waals surface area contributed by atoms with Gasteiger partial charge in [0, 0.05) is 12.7 Å². The average molecular weight is 229 g/mol. The summed E-state index contributed by atoms with van der Waals surface area (Å²) in [5.74, 6) is 0.409. The lowest BCUT2D eigenvalue weighted by atomic mass is 10.5. The Balaban J connectivity index is 2.50. The lowest BCUT2D eigenvalue weighted by Gasteiger charge is -2.06. The second-order valence-electron chi connectivity index (χ2n) is 2.99. The van der Waals surface area contributed by atoms with Crippen LogP contribution in [0.15, 0.2) is 24.4 Å². The summed E-state index contributed by atoms with van der Waals surface area (Å²) in [6.45, 7) is 3.14. The molecule has 0 saturated carbocycles. The molecule has 0 aliphatic carbocycles. The molecule has 1 rings (SSSR count). The molecule has 0 atom stereocenters. The number of nitrogens with one attached hydrogen (secondary N) is 2. The van der Waals surface area contributed by atoms with Crippen LogP contribution in [-0.2, 0) is 10.0 Å². The third-order valence-corrected chi connectivity index (χ3v) is 2.98. The normalized spacial score (nSPS) is 11.3. The van der Waals surface area contributed by atoms with Crippen LogP contribution in [0.2, 0.25) is 0 Å². The maximum absolute atomic E-state index is 11.5. The smallest absolute Gasteiger partial charge is 0.235 e. The molecule has 0 spiro atoms. The molecule has 0 bridgehead atoms. The van der Waals surface area contributed by atoms with Gasteiger partial charge in [-0.15, -0.1) is 0 Å². The van der Waals surface area contributed by atoms with Gasteiger partial charge in [0.2, 0.25) is 10.0 Å². The molecule has 0 fully saturated rings. The van der Waals surface area contributed by atoms with Gasteiger partial charge in [-0.2, -0.15) is 0 Å². The molecule has 15 heavy (non-hydrogen) atoms. The van der Waals surface area contributed by atoms with Crippen molar-refractivity contribution >= 4 is 15.8 Å². The van der Waals surface area contributed by atoms with Crippen LogP contribution in [0.5, 0.6) is 0 Å². The number of aromatic nitrogens is 1. The second kappa shape index (κ2) is 5.67. The Hall–Kier alpha value is -1.14. The van der Waals surface area contributed by atoms with E-state index in [1.807, 2.05) is 6.92 Å². The fourth-order valence-electron chi connectivity index (χ4n) is 1.02. The van der Waals surface area contributed by atoms with Gasteiger partial charge in [0.15, 0.2) is 0 Å². The van der Waals surface area contributed by atoms with Crippen LogP contribution in [-0.4, -0.2) is 32.2 Å². The molecule has 5 nitrogen and oxygen atoms in total. The van der Waals surface area contributed by atoms with E-state index in [2.05, 4.69) is 15.0 Å². The summed E-state index contributed by atoms with van der Waals surface area (Å²) < 4.78 is 25.4. The van der Waals surface area contributed by atoms with Crippen molar-refractivity contribution in [3.63, 3.8) is 0 Å². The number of pyridine rings is 1. The zero-order valence-corrected chi connectivity index (χ0v) is 9.42. The topological polar surface area (TPSA) is 71.1 Å².